The van der Waals surface area contributed by atoms with Gasteiger partial charge >= 0.3 is 0 Å². The van der Waals surface area contributed by atoms with Crippen molar-refractivity contribution in [3.8, 4) is 11.5 Å². The summed E-state index contributed by atoms with van der Waals surface area (Å²) in [5.41, 5.74) is -0.344. The number of rotatable bonds is 7. The van der Waals surface area contributed by atoms with Crippen molar-refractivity contribution in [3.05, 3.63) is 18.2 Å². The number of anilines is 1. The normalized spacial score (nSPS) is 15.3. The first-order chi connectivity index (χ1) is 12.0. The lowest BCUT2D eigenvalue weighted by molar-refractivity contribution is -0.147. The molecule has 0 atom stereocenters. The number of hydrogen-bond donors (Lipinski definition) is 3. The lowest BCUT2D eigenvalue weighted by Crippen LogP contribution is -2.55. The van der Waals surface area contributed by atoms with Gasteiger partial charge in [-0.1, -0.05) is 0 Å². The zero-order valence-corrected chi connectivity index (χ0v) is 16.0. The summed E-state index contributed by atoms with van der Waals surface area (Å²) in [5, 5.41) is 8.55. The second kappa shape index (κ2) is 10.2. The second-order valence-electron chi connectivity index (χ2n) is 5.78. The molecule has 1 heterocycles. The number of benzene rings is 1. The van der Waals surface area contributed by atoms with Crippen molar-refractivity contribution >= 4 is 29.9 Å². The summed E-state index contributed by atoms with van der Waals surface area (Å²) in [7, 11) is 4.58. The molecule has 0 saturated carbocycles. The second-order valence-corrected chi connectivity index (χ2v) is 5.78. The molecule has 146 valence electrons. The maximum absolute atomic E-state index is 12.4. The van der Waals surface area contributed by atoms with Crippen LogP contribution in [-0.4, -0.2) is 58.4 Å². The molecule has 1 aromatic carbocycles. The van der Waals surface area contributed by atoms with Gasteiger partial charge in [0.2, 0.25) is 5.91 Å². The van der Waals surface area contributed by atoms with Crippen LogP contribution in [0, 0.1) is 0 Å². The summed E-state index contributed by atoms with van der Waals surface area (Å²) in [6, 6.07) is 5.05. The fourth-order valence-electron chi connectivity index (χ4n) is 2.76. The number of nitrogens with one attached hydrogen (secondary N) is 3. The Hall–Kier alpha value is -2.03. The van der Waals surface area contributed by atoms with Crippen molar-refractivity contribution in [1.29, 1.82) is 0 Å². The standard InChI is InChI=1S/C17H25N3O5.ClH/c1-23-13-8-12(9-14(10-13)24-2)20-15(21)11-19-16(22)17(25-3)4-6-18-7-5-17;/h8-10,18H,4-7,11H2,1-3H3,(H,19,22)(H,20,21);1H. The minimum atomic E-state index is -0.870. The van der Waals surface area contributed by atoms with Gasteiger partial charge in [-0.3, -0.25) is 9.59 Å². The lowest BCUT2D eigenvalue weighted by atomic mass is 9.91. The first-order valence-electron chi connectivity index (χ1n) is 8.10. The topological polar surface area (TPSA) is 97.9 Å². The highest BCUT2D eigenvalue weighted by Crippen LogP contribution is 2.26. The van der Waals surface area contributed by atoms with E-state index in [4.69, 9.17) is 14.2 Å². The molecule has 0 unspecified atom stereocenters. The molecular weight excluding hydrogens is 362 g/mol. The Labute approximate surface area is 159 Å². The quantitative estimate of drug-likeness (QED) is 0.644. The van der Waals surface area contributed by atoms with Crippen LogP contribution < -0.4 is 25.4 Å². The molecular formula is C17H26ClN3O5. The molecule has 1 saturated heterocycles. The number of hydrogen-bond acceptors (Lipinski definition) is 6. The SMILES string of the molecule is COc1cc(NC(=O)CNC(=O)C2(OC)CCNCC2)cc(OC)c1.Cl. The summed E-state index contributed by atoms with van der Waals surface area (Å²) in [4.78, 5) is 24.6. The van der Waals surface area contributed by atoms with Gasteiger partial charge in [-0.2, -0.15) is 0 Å². The van der Waals surface area contributed by atoms with Crippen LogP contribution >= 0.6 is 12.4 Å². The molecule has 9 heteroatoms. The average molecular weight is 388 g/mol. The minimum absolute atomic E-state index is 0. The van der Waals surface area contributed by atoms with Gasteiger partial charge < -0.3 is 30.2 Å². The van der Waals surface area contributed by atoms with Gasteiger partial charge in [0.15, 0.2) is 0 Å². The van der Waals surface area contributed by atoms with Gasteiger partial charge in [0.25, 0.3) is 5.91 Å². The molecule has 3 N–H and O–H groups in total. The molecule has 1 fully saturated rings. The van der Waals surface area contributed by atoms with E-state index in [1.807, 2.05) is 0 Å². The molecule has 0 bridgehead atoms. The first-order valence-corrected chi connectivity index (χ1v) is 8.10. The molecule has 2 amide bonds. The summed E-state index contributed by atoms with van der Waals surface area (Å²) >= 11 is 0. The zero-order valence-electron chi connectivity index (χ0n) is 15.2. The van der Waals surface area contributed by atoms with Gasteiger partial charge in [0.05, 0.1) is 20.8 Å². The van der Waals surface area contributed by atoms with E-state index in [1.165, 1.54) is 21.3 Å². The Morgan fingerprint density at radius 2 is 1.65 bits per heavy atom. The van der Waals surface area contributed by atoms with Gasteiger partial charge in [-0.15, -0.1) is 12.4 Å². The van der Waals surface area contributed by atoms with Crippen molar-refractivity contribution in [1.82, 2.24) is 10.6 Å². The average Bonchev–Trinajstić information content (AvgIpc) is 2.66. The molecule has 0 aromatic heterocycles. The molecule has 1 aromatic rings. The summed E-state index contributed by atoms with van der Waals surface area (Å²) in [6.07, 6.45) is 1.15. The third-order valence-electron chi connectivity index (χ3n) is 4.26. The van der Waals surface area contributed by atoms with Crippen LogP contribution in [0.3, 0.4) is 0 Å². The molecule has 26 heavy (non-hydrogen) atoms. The predicted octanol–water partition coefficient (Wildman–Crippen LogP) is 0.949. The van der Waals surface area contributed by atoms with Crippen molar-refractivity contribution in [2.75, 3.05) is 46.3 Å². The van der Waals surface area contributed by atoms with E-state index in [0.29, 0.717) is 43.1 Å². The van der Waals surface area contributed by atoms with Gasteiger partial charge in [0, 0.05) is 31.0 Å². The summed E-state index contributed by atoms with van der Waals surface area (Å²) in [5.74, 6) is 0.511. The monoisotopic (exact) mass is 387 g/mol. The van der Waals surface area contributed by atoms with E-state index in [-0.39, 0.29) is 30.8 Å². The van der Waals surface area contributed by atoms with Gasteiger partial charge in [-0.05, 0) is 25.9 Å². The number of ether oxygens (including phenoxy) is 3. The Morgan fingerprint density at radius 3 is 2.15 bits per heavy atom. The highest BCUT2D eigenvalue weighted by Gasteiger charge is 2.39. The van der Waals surface area contributed by atoms with Crippen LogP contribution in [0.15, 0.2) is 18.2 Å². The molecule has 8 nitrogen and oxygen atoms in total. The van der Waals surface area contributed by atoms with E-state index in [1.54, 1.807) is 18.2 Å². The third kappa shape index (κ3) is 5.48. The first kappa shape index (κ1) is 22.0. The number of methoxy groups -OCH3 is 3. The zero-order chi connectivity index (χ0) is 18.3. The molecule has 1 aliphatic heterocycles. The van der Waals surface area contributed by atoms with E-state index >= 15 is 0 Å². The van der Waals surface area contributed by atoms with Crippen molar-refractivity contribution in [2.45, 2.75) is 18.4 Å². The van der Waals surface area contributed by atoms with Crippen LogP contribution in [-0.2, 0) is 14.3 Å². The number of halogens is 1. The summed E-state index contributed by atoms with van der Waals surface area (Å²) in [6.45, 7) is 1.27. The molecule has 0 radical (unpaired) electrons. The smallest absolute Gasteiger partial charge is 0.252 e. The third-order valence-corrected chi connectivity index (χ3v) is 4.26. The van der Waals surface area contributed by atoms with E-state index < -0.39 is 5.60 Å². The Balaban J connectivity index is 0.00000338. The van der Waals surface area contributed by atoms with Crippen molar-refractivity contribution < 1.29 is 23.8 Å². The fourth-order valence-corrected chi connectivity index (χ4v) is 2.76. The van der Waals surface area contributed by atoms with E-state index in [2.05, 4.69) is 16.0 Å². The Morgan fingerprint density at radius 1 is 1.08 bits per heavy atom. The summed E-state index contributed by atoms with van der Waals surface area (Å²) < 4.78 is 15.8. The van der Waals surface area contributed by atoms with E-state index in [0.717, 1.165) is 0 Å². The Bertz CT molecular complexity index is 598. The maximum atomic E-state index is 12.4. The van der Waals surface area contributed by atoms with Crippen LogP contribution in [0.5, 0.6) is 11.5 Å². The van der Waals surface area contributed by atoms with E-state index in [9.17, 15) is 9.59 Å². The van der Waals surface area contributed by atoms with Crippen LogP contribution in [0.4, 0.5) is 5.69 Å². The molecule has 2 rings (SSSR count). The predicted molar refractivity (Wildman–Crippen MR) is 100 cm³/mol. The molecule has 1 aliphatic rings. The van der Waals surface area contributed by atoms with Crippen molar-refractivity contribution in [2.24, 2.45) is 0 Å². The van der Waals surface area contributed by atoms with Gasteiger partial charge in [-0.25, -0.2) is 0 Å². The fraction of sp³-hybridized carbons (Fsp3) is 0.529. The Kier molecular flexibility index (Phi) is 8.64. The largest absolute Gasteiger partial charge is 0.497 e. The highest BCUT2D eigenvalue weighted by molar-refractivity contribution is 5.96. The lowest BCUT2D eigenvalue weighted by Gasteiger charge is -2.34. The minimum Gasteiger partial charge on any atom is -0.497 e. The van der Waals surface area contributed by atoms with Crippen molar-refractivity contribution in [3.63, 3.8) is 0 Å². The van der Waals surface area contributed by atoms with Gasteiger partial charge in [0.1, 0.15) is 17.1 Å². The van der Waals surface area contributed by atoms with Crippen LogP contribution in [0.2, 0.25) is 0 Å². The number of carbonyl (C=O) groups is 2. The molecule has 0 aliphatic carbocycles. The highest BCUT2D eigenvalue weighted by atomic mass is 35.5. The number of piperidine rings is 1. The van der Waals surface area contributed by atoms with Crippen LogP contribution in [0.25, 0.3) is 0 Å². The molecule has 0 spiro atoms. The number of carbonyl (C=O) groups excluding carboxylic acids is 2. The maximum Gasteiger partial charge on any atom is 0.252 e. The van der Waals surface area contributed by atoms with Crippen LogP contribution in [0.1, 0.15) is 12.8 Å². The number of amides is 2.